The molecular formula is C28H29N3O5S2. The summed E-state index contributed by atoms with van der Waals surface area (Å²) in [4.78, 5) is 17.3. The van der Waals surface area contributed by atoms with Crippen LogP contribution in [0.1, 0.15) is 28.4 Å². The predicted octanol–water partition coefficient (Wildman–Crippen LogP) is 5.40. The average molecular weight is 552 g/mol. The first kappa shape index (κ1) is 27.3. The Labute approximate surface area is 226 Å². The number of ether oxygens (including phenoxy) is 2. The number of anilines is 2. The van der Waals surface area contributed by atoms with Crippen LogP contribution in [0.4, 0.5) is 10.8 Å². The van der Waals surface area contributed by atoms with Gasteiger partial charge < -0.3 is 9.47 Å². The van der Waals surface area contributed by atoms with Crippen LogP contribution in [0.3, 0.4) is 0 Å². The highest BCUT2D eigenvalue weighted by Crippen LogP contribution is 2.25. The molecule has 0 saturated heterocycles. The normalized spacial score (nSPS) is 12.1. The summed E-state index contributed by atoms with van der Waals surface area (Å²) in [5.41, 5.74) is 2.66. The standard InChI is InChI=1S/C28H29N3O5S2/c1-20(19-35-2)36-24-17-21(16-23(18-24)27(32)30-28-29-14-15-37-28)12-13-22-8-6-7-11-26(22)31-38(33,34)25-9-4-3-5-10-25/h3-11,14-18,20,31H,12-13,19H2,1-2H3,(H,29,30,32)/t20-/m0/s1. The van der Waals surface area contributed by atoms with Crippen LogP contribution in [0.15, 0.2) is 89.3 Å². The molecule has 1 amide bonds. The fourth-order valence-electron chi connectivity index (χ4n) is 3.88. The molecule has 0 aliphatic rings. The average Bonchev–Trinajstić information content (AvgIpc) is 3.41. The third-order valence-corrected chi connectivity index (χ3v) is 7.69. The second-order valence-corrected chi connectivity index (χ2v) is 11.2. The molecule has 198 valence electrons. The number of hydrogen-bond acceptors (Lipinski definition) is 7. The van der Waals surface area contributed by atoms with Crippen molar-refractivity contribution >= 4 is 38.1 Å². The van der Waals surface area contributed by atoms with Gasteiger partial charge >= 0.3 is 0 Å². The zero-order valence-corrected chi connectivity index (χ0v) is 22.7. The molecule has 8 nitrogen and oxygen atoms in total. The molecule has 0 aliphatic carbocycles. The smallest absolute Gasteiger partial charge is 0.261 e. The van der Waals surface area contributed by atoms with Crippen LogP contribution in [-0.2, 0) is 27.6 Å². The number of methoxy groups -OCH3 is 1. The van der Waals surface area contributed by atoms with Crippen molar-refractivity contribution in [3.8, 4) is 5.75 Å². The van der Waals surface area contributed by atoms with E-state index in [1.807, 2.05) is 31.2 Å². The number of sulfonamides is 1. The number of carbonyl (C=O) groups excluding carboxylic acids is 1. The van der Waals surface area contributed by atoms with Gasteiger partial charge in [-0.25, -0.2) is 13.4 Å². The molecule has 0 saturated carbocycles. The molecule has 10 heteroatoms. The molecule has 1 aromatic heterocycles. The number of carbonyl (C=O) groups is 1. The Kier molecular flexibility index (Phi) is 9.11. The van der Waals surface area contributed by atoms with E-state index in [-0.39, 0.29) is 16.9 Å². The molecule has 0 aliphatic heterocycles. The number of amides is 1. The number of hydrogen-bond donors (Lipinski definition) is 2. The van der Waals surface area contributed by atoms with Gasteiger partial charge in [0.25, 0.3) is 15.9 Å². The number of aromatic nitrogens is 1. The van der Waals surface area contributed by atoms with Gasteiger partial charge in [0.05, 0.1) is 17.2 Å². The van der Waals surface area contributed by atoms with Gasteiger partial charge in [0.1, 0.15) is 11.9 Å². The zero-order valence-electron chi connectivity index (χ0n) is 21.1. The van der Waals surface area contributed by atoms with Crippen molar-refractivity contribution in [3.05, 3.63) is 101 Å². The number of nitrogens with zero attached hydrogens (tertiary/aromatic N) is 1. The van der Waals surface area contributed by atoms with E-state index in [0.717, 1.165) is 11.1 Å². The van der Waals surface area contributed by atoms with E-state index in [9.17, 15) is 13.2 Å². The molecule has 4 rings (SSSR count). The van der Waals surface area contributed by atoms with Crippen molar-refractivity contribution in [1.29, 1.82) is 0 Å². The van der Waals surface area contributed by atoms with Crippen molar-refractivity contribution < 1.29 is 22.7 Å². The molecule has 0 fully saturated rings. The number of para-hydroxylation sites is 1. The summed E-state index contributed by atoms with van der Waals surface area (Å²) in [7, 11) is -2.12. The third-order valence-electron chi connectivity index (χ3n) is 5.62. The van der Waals surface area contributed by atoms with Gasteiger partial charge in [0.2, 0.25) is 0 Å². The Morgan fingerprint density at radius 2 is 1.79 bits per heavy atom. The quantitative estimate of drug-likeness (QED) is 0.244. The lowest BCUT2D eigenvalue weighted by atomic mass is 10.0. The van der Waals surface area contributed by atoms with Gasteiger partial charge in [-0.15, -0.1) is 11.3 Å². The SMILES string of the molecule is COC[C@H](C)Oc1cc(CCc2ccccc2NS(=O)(=O)c2ccccc2)cc(C(=O)Nc2nccs2)c1. The summed E-state index contributed by atoms with van der Waals surface area (Å²) in [6.07, 6.45) is 2.51. The molecule has 0 radical (unpaired) electrons. The summed E-state index contributed by atoms with van der Waals surface area (Å²) >= 11 is 1.34. The van der Waals surface area contributed by atoms with Gasteiger partial charge in [-0.05, 0) is 67.3 Å². The molecule has 1 heterocycles. The Bertz CT molecular complexity index is 1460. The van der Waals surface area contributed by atoms with Crippen LogP contribution in [0.5, 0.6) is 5.75 Å². The Hall–Kier alpha value is -3.73. The Morgan fingerprint density at radius 1 is 1.03 bits per heavy atom. The number of benzene rings is 3. The van der Waals surface area contributed by atoms with Gasteiger partial charge in [-0.2, -0.15) is 0 Å². The van der Waals surface area contributed by atoms with Crippen molar-refractivity contribution in [1.82, 2.24) is 4.98 Å². The first-order valence-corrected chi connectivity index (χ1v) is 14.4. The molecule has 4 aromatic rings. The second kappa shape index (κ2) is 12.7. The van der Waals surface area contributed by atoms with Gasteiger partial charge in [-0.1, -0.05) is 36.4 Å². The fraction of sp³-hybridized carbons (Fsp3) is 0.214. The number of nitrogens with one attached hydrogen (secondary N) is 2. The van der Waals surface area contributed by atoms with Gasteiger partial charge in [-0.3, -0.25) is 14.8 Å². The van der Waals surface area contributed by atoms with E-state index >= 15 is 0 Å². The van der Waals surface area contributed by atoms with Gasteiger partial charge in [0.15, 0.2) is 5.13 Å². The van der Waals surface area contributed by atoms with E-state index in [1.165, 1.54) is 11.3 Å². The molecule has 1 atom stereocenters. The minimum absolute atomic E-state index is 0.195. The summed E-state index contributed by atoms with van der Waals surface area (Å²) in [6.45, 7) is 2.29. The highest BCUT2D eigenvalue weighted by molar-refractivity contribution is 7.92. The maximum atomic E-state index is 12.9. The number of aryl methyl sites for hydroxylation is 2. The second-order valence-electron chi connectivity index (χ2n) is 8.62. The van der Waals surface area contributed by atoms with E-state index < -0.39 is 10.0 Å². The summed E-state index contributed by atoms with van der Waals surface area (Å²) in [6, 6.07) is 20.9. The third kappa shape index (κ3) is 7.41. The van der Waals surface area contributed by atoms with Crippen LogP contribution < -0.4 is 14.8 Å². The lowest BCUT2D eigenvalue weighted by Crippen LogP contribution is -2.19. The minimum atomic E-state index is -3.73. The molecule has 38 heavy (non-hydrogen) atoms. The lowest BCUT2D eigenvalue weighted by molar-refractivity contribution is 0.0916. The lowest BCUT2D eigenvalue weighted by Gasteiger charge is -2.16. The molecular weight excluding hydrogens is 522 g/mol. The van der Waals surface area contributed by atoms with E-state index in [4.69, 9.17) is 9.47 Å². The van der Waals surface area contributed by atoms with Gasteiger partial charge in [0, 0.05) is 24.3 Å². The van der Waals surface area contributed by atoms with E-state index in [0.29, 0.717) is 41.6 Å². The summed E-state index contributed by atoms with van der Waals surface area (Å²) < 4.78 is 39.7. The molecule has 0 bridgehead atoms. The molecule has 0 spiro atoms. The maximum Gasteiger partial charge on any atom is 0.261 e. The van der Waals surface area contributed by atoms with Crippen LogP contribution >= 0.6 is 11.3 Å². The predicted molar refractivity (Wildman–Crippen MR) is 150 cm³/mol. The fourth-order valence-corrected chi connectivity index (χ4v) is 5.53. The number of rotatable bonds is 12. The molecule has 2 N–H and O–H groups in total. The Morgan fingerprint density at radius 3 is 2.53 bits per heavy atom. The van der Waals surface area contributed by atoms with Crippen molar-refractivity contribution in [2.24, 2.45) is 0 Å². The van der Waals surface area contributed by atoms with Crippen LogP contribution in [0, 0.1) is 0 Å². The van der Waals surface area contributed by atoms with Crippen molar-refractivity contribution in [2.45, 2.75) is 30.8 Å². The first-order valence-electron chi connectivity index (χ1n) is 12.0. The highest BCUT2D eigenvalue weighted by atomic mass is 32.2. The topological polar surface area (TPSA) is 107 Å². The van der Waals surface area contributed by atoms with Crippen LogP contribution in [-0.4, -0.2) is 39.1 Å². The highest BCUT2D eigenvalue weighted by Gasteiger charge is 2.17. The zero-order chi connectivity index (χ0) is 27.0. The largest absolute Gasteiger partial charge is 0.488 e. The van der Waals surface area contributed by atoms with Crippen molar-refractivity contribution in [3.63, 3.8) is 0 Å². The van der Waals surface area contributed by atoms with Crippen molar-refractivity contribution in [2.75, 3.05) is 23.8 Å². The first-order chi connectivity index (χ1) is 18.3. The molecule has 0 unspecified atom stereocenters. The molecule has 3 aromatic carbocycles. The maximum absolute atomic E-state index is 12.9. The monoisotopic (exact) mass is 551 g/mol. The minimum Gasteiger partial charge on any atom is -0.488 e. The van der Waals surface area contributed by atoms with Crippen LogP contribution in [0.25, 0.3) is 0 Å². The summed E-state index contributed by atoms with van der Waals surface area (Å²) in [5, 5.41) is 5.10. The number of thiazole rings is 1. The van der Waals surface area contributed by atoms with E-state index in [1.54, 1.807) is 67.2 Å². The van der Waals surface area contributed by atoms with Crippen LogP contribution in [0.2, 0.25) is 0 Å². The van der Waals surface area contributed by atoms with E-state index in [2.05, 4.69) is 15.0 Å². The Balaban J connectivity index is 1.55. The summed E-state index contributed by atoms with van der Waals surface area (Å²) in [5.74, 6) is 0.261.